The van der Waals surface area contributed by atoms with Gasteiger partial charge in [-0.3, -0.25) is 4.90 Å². The Hall–Kier alpha value is -0.850. The molecule has 0 bridgehead atoms. The first-order chi connectivity index (χ1) is 9.16. The third-order valence-corrected chi connectivity index (χ3v) is 3.89. The monoisotopic (exact) mass is 269 g/mol. The van der Waals surface area contributed by atoms with Gasteiger partial charge in [0.05, 0.1) is 0 Å². The maximum Gasteiger partial charge on any atom is 0.320 e. The van der Waals surface area contributed by atoms with Crippen molar-refractivity contribution < 1.29 is 4.79 Å². The second-order valence-corrected chi connectivity index (χ2v) is 5.65. The highest BCUT2D eigenvalue weighted by Gasteiger charge is 2.28. The summed E-state index contributed by atoms with van der Waals surface area (Å²) in [6, 6.07) is 0.219. The fourth-order valence-corrected chi connectivity index (χ4v) is 2.57. The molecule has 0 aromatic rings. The minimum atomic E-state index is 0.219. The van der Waals surface area contributed by atoms with E-state index in [2.05, 4.69) is 15.1 Å². The Morgan fingerprint density at radius 2 is 1.63 bits per heavy atom. The zero-order valence-corrected chi connectivity index (χ0v) is 12.3. The van der Waals surface area contributed by atoms with Crippen molar-refractivity contribution in [3.05, 3.63) is 0 Å². The van der Waals surface area contributed by atoms with Crippen LogP contribution in [0.25, 0.3) is 0 Å². The molecule has 19 heavy (non-hydrogen) atoms. The van der Waals surface area contributed by atoms with Crippen molar-refractivity contribution >= 4 is 6.03 Å². The first kappa shape index (κ1) is 14.6. The zero-order valence-electron chi connectivity index (χ0n) is 12.3. The SMILES string of the molecule is CN(C)CCN1CCN(CCN2CCNCC2)C1=O. The molecule has 2 heterocycles. The quantitative estimate of drug-likeness (QED) is 0.685. The van der Waals surface area contributed by atoms with Gasteiger partial charge in [-0.2, -0.15) is 0 Å². The van der Waals surface area contributed by atoms with Gasteiger partial charge in [0.2, 0.25) is 0 Å². The summed E-state index contributed by atoms with van der Waals surface area (Å²) >= 11 is 0. The highest BCUT2D eigenvalue weighted by molar-refractivity contribution is 5.76. The van der Waals surface area contributed by atoms with Crippen molar-refractivity contribution in [2.45, 2.75) is 0 Å². The third kappa shape index (κ3) is 4.33. The number of nitrogens with zero attached hydrogens (tertiary/aromatic N) is 4. The molecule has 1 N–H and O–H groups in total. The Morgan fingerprint density at radius 3 is 2.26 bits per heavy atom. The molecule has 2 aliphatic rings. The smallest absolute Gasteiger partial charge is 0.320 e. The number of rotatable bonds is 6. The molecular weight excluding hydrogens is 242 g/mol. The number of hydrogen-bond donors (Lipinski definition) is 1. The Balaban J connectivity index is 1.68. The molecule has 0 aromatic carbocycles. The lowest BCUT2D eigenvalue weighted by Gasteiger charge is -2.29. The molecule has 2 amide bonds. The minimum absolute atomic E-state index is 0.219. The number of likely N-dealkylation sites (N-methyl/N-ethyl adjacent to an activating group) is 1. The molecule has 6 nitrogen and oxygen atoms in total. The molecule has 0 atom stereocenters. The molecule has 0 spiro atoms. The fourth-order valence-electron chi connectivity index (χ4n) is 2.57. The van der Waals surface area contributed by atoms with Crippen LogP contribution in [-0.4, -0.2) is 105 Å². The molecule has 0 saturated carbocycles. The number of carbonyl (C=O) groups is 1. The van der Waals surface area contributed by atoms with Gasteiger partial charge >= 0.3 is 6.03 Å². The van der Waals surface area contributed by atoms with E-state index in [0.717, 1.165) is 65.4 Å². The van der Waals surface area contributed by atoms with Crippen molar-refractivity contribution in [2.24, 2.45) is 0 Å². The van der Waals surface area contributed by atoms with Crippen LogP contribution in [-0.2, 0) is 0 Å². The number of amides is 2. The van der Waals surface area contributed by atoms with Crippen LogP contribution in [0.3, 0.4) is 0 Å². The summed E-state index contributed by atoms with van der Waals surface area (Å²) in [6.45, 7) is 9.79. The molecule has 0 aliphatic carbocycles. The summed E-state index contributed by atoms with van der Waals surface area (Å²) in [4.78, 5) is 20.7. The van der Waals surface area contributed by atoms with E-state index in [9.17, 15) is 4.79 Å². The molecule has 0 radical (unpaired) electrons. The zero-order chi connectivity index (χ0) is 13.7. The van der Waals surface area contributed by atoms with Crippen molar-refractivity contribution in [3.63, 3.8) is 0 Å². The lowest BCUT2D eigenvalue weighted by atomic mass is 10.3. The Kier molecular flexibility index (Phi) is 5.42. The van der Waals surface area contributed by atoms with Gasteiger partial charge in [0, 0.05) is 65.4 Å². The number of piperazine rings is 1. The van der Waals surface area contributed by atoms with Crippen LogP contribution in [0, 0.1) is 0 Å². The highest BCUT2D eigenvalue weighted by Crippen LogP contribution is 2.08. The van der Waals surface area contributed by atoms with E-state index in [-0.39, 0.29) is 6.03 Å². The van der Waals surface area contributed by atoms with Gasteiger partial charge in [0.1, 0.15) is 0 Å². The number of hydrogen-bond acceptors (Lipinski definition) is 4. The van der Waals surface area contributed by atoms with E-state index < -0.39 is 0 Å². The molecule has 2 fully saturated rings. The average Bonchev–Trinajstić information content (AvgIpc) is 2.76. The van der Waals surface area contributed by atoms with Crippen LogP contribution in [0.4, 0.5) is 4.79 Å². The Morgan fingerprint density at radius 1 is 1.00 bits per heavy atom. The van der Waals surface area contributed by atoms with Gasteiger partial charge < -0.3 is 20.0 Å². The molecule has 2 rings (SSSR count). The summed E-state index contributed by atoms with van der Waals surface area (Å²) in [5, 5.41) is 3.35. The molecule has 0 unspecified atom stereocenters. The van der Waals surface area contributed by atoms with Crippen LogP contribution >= 0.6 is 0 Å². The second-order valence-electron chi connectivity index (χ2n) is 5.65. The molecule has 2 aliphatic heterocycles. The lowest BCUT2D eigenvalue weighted by molar-refractivity contribution is 0.175. The van der Waals surface area contributed by atoms with Crippen molar-refractivity contribution in [3.8, 4) is 0 Å². The summed E-state index contributed by atoms with van der Waals surface area (Å²) in [7, 11) is 4.09. The molecular formula is C13H27N5O. The van der Waals surface area contributed by atoms with Crippen molar-refractivity contribution in [2.75, 3.05) is 79.5 Å². The first-order valence-electron chi connectivity index (χ1n) is 7.28. The van der Waals surface area contributed by atoms with E-state index in [1.807, 2.05) is 23.9 Å². The van der Waals surface area contributed by atoms with E-state index in [1.54, 1.807) is 0 Å². The lowest BCUT2D eigenvalue weighted by Crippen LogP contribution is -2.46. The molecule has 2 saturated heterocycles. The first-order valence-corrected chi connectivity index (χ1v) is 7.28. The third-order valence-electron chi connectivity index (χ3n) is 3.89. The molecule has 110 valence electrons. The topological polar surface area (TPSA) is 42.1 Å². The number of carbonyl (C=O) groups excluding carboxylic acids is 1. The molecule has 0 aromatic heterocycles. The van der Waals surface area contributed by atoms with Gasteiger partial charge in [-0.25, -0.2) is 4.79 Å². The minimum Gasteiger partial charge on any atom is -0.322 e. The largest absolute Gasteiger partial charge is 0.322 e. The van der Waals surface area contributed by atoms with Crippen molar-refractivity contribution in [1.82, 2.24) is 24.9 Å². The van der Waals surface area contributed by atoms with Crippen LogP contribution in [0.1, 0.15) is 0 Å². The summed E-state index contributed by atoms with van der Waals surface area (Å²) in [6.07, 6.45) is 0. The predicted octanol–water partition coefficient (Wildman–Crippen LogP) is -0.809. The van der Waals surface area contributed by atoms with E-state index >= 15 is 0 Å². The average molecular weight is 269 g/mol. The van der Waals surface area contributed by atoms with Crippen LogP contribution in [0.15, 0.2) is 0 Å². The second kappa shape index (κ2) is 7.07. The standard InChI is InChI=1S/C13H27N5O/c1-15(2)7-9-17-11-12-18(13(17)19)10-8-16-5-3-14-4-6-16/h14H,3-12H2,1-2H3. The van der Waals surface area contributed by atoms with Gasteiger partial charge in [-0.1, -0.05) is 0 Å². The fraction of sp³-hybridized carbons (Fsp3) is 0.923. The number of nitrogens with one attached hydrogen (secondary N) is 1. The Labute approximate surface area is 116 Å². The van der Waals surface area contributed by atoms with E-state index in [0.29, 0.717) is 0 Å². The van der Waals surface area contributed by atoms with Gasteiger partial charge in [-0.15, -0.1) is 0 Å². The van der Waals surface area contributed by atoms with Gasteiger partial charge in [-0.05, 0) is 14.1 Å². The maximum atomic E-state index is 12.2. The van der Waals surface area contributed by atoms with Gasteiger partial charge in [0.15, 0.2) is 0 Å². The van der Waals surface area contributed by atoms with Crippen molar-refractivity contribution in [1.29, 1.82) is 0 Å². The highest BCUT2D eigenvalue weighted by atomic mass is 16.2. The summed E-state index contributed by atoms with van der Waals surface area (Å²) in [5.74, 6) is 0. The summed E-state index contributed by atoms with van der Waals surface area (Å²) < 4.78 is 0. The molecule has 6 heteroatoms. The summed E-state index contributed by atoms with van der Waals surface area (Å²) in [5.41, 5.74) is 0. The maximum absolute atomic E-state index is 12.2. The van der Waals surface area contributed by atoms with Crippen LogP contribution < -0.4 is 5.32 Å². The number of urea groups is 1. The van der Waals surface area contributed by atoms with E-state index in [1.165, 1.54) is 0 Å². The van der Waals surface area contributed by atoms with E-state index in [4.69, 9.17) is 0 Å². The normalized spacial score (nSPS) is 21.7. The van der Waals surface area contributed by atoms with Gasteiger partial charge in [0.25, 0.3) is 0 Å². The van der Waals surface area contributed by atoms with Crippen LogP contribution in [0.2, 0.25) is 0 Å². The predicted molar refractivity (Wildman–Crippen MR) is 76.4 cm³/mol. The Bertz CT molecular complexity index is 291. The van der Waals surface area contributed by atoms with Crippen LogP contribution in [0.5, 0.6) is 0 Å².